The maximum atomic E-state index is 12.9. The molecule has 6 heteroatoms. The van der Waals surface area contributed by atoms with Crippen LogP contribution in [0, 0.1) is 0 Å². The molecule has 0 saturated carbocycles. The molecule has 0 aliphatic rings. The number of esters is 3. The lowest BCUT2D eigenvalue weighted by Gasteiger charge is -2.18. The smallest absolute Gasteiger partial charge is 0.306 e. The van der Waals surface area contributed by atoms with E-state index in [1.54, 1.807) is 0 Å². The Labute approximate surface area is 501 Å². The molecule has 0 aromatic carbocycles. The molecule has 1 atom stereocenters. The molecule has 0 radical (unpaired) electrons. The van der Waals surface area contributed by atoms with E-state index >= 15 is 0 Å². The molecule has 0 aromatic rings. The van der Waals surface area contributed by atoms with Crippen molar-refractivity contribution in [2.24, 2.45) is 0 Å². The van der Waals surface area contributed by atoms with Crippen LogP contribution in [0.25, 0.3) is 0 Å². The van der Waals surface area contributed by atoms with Gasteiger partial charge < -0.3 is 14.2 Å². The Morgan fingerprint density at radius 3 is 0.778 bits per heavy atom. The molecule has 1 unspecified atom stereocenters. The fraction of sp³-hybridized carbons (Fsp3) is 0.693. The molecule has 81 heavy (non-hydrogen) atoms. The maximum absolute atomic E-state index is 12.9. The monoisotopic (exact) mass is 1120 g/mol. The van der Waals surface area contributed by atoms with Gasteiger partial charge in [0.1, 0.15) is 13.2 Å². The van der Waals surface area contributed by atoms with Crippen molar-refractivity contribution in [1.82, 2.24) is 0 Å². The Bertz CT molecular complexity index is 1670. The molecule has 462 valence electrons. The van der Waals surface area contributed by atoms with E-state index in [9.17, 15) is 14.4 Å². The lowest BCUT2D eigenvalue weighted by Crippen LogP contribution is -2.30. The number of allylic oxidation sites excluding steroid dienone is 20. The molecule has 0 amide bonds. The van der Waals surface area contributed by atoms with Crippen molar-refractivity contribution in [3.63, 3.8) is 0 Å². The summed E-state index contributed by atoms with van der Waals surface area (Å²) in [5, 5.41) is 0. The SMILES string of the molecule is CC/C=C\C/C=C\C/C=C\C/C=C\C/C=C\C/C=C\C/C=C\C/C=C\C/C=C\CCCCCCCC(=O)OCC(COC(=O)CCCCCCC/C=C\CCCCCC)OC(=O)CCCCCCCCCCCCCCCCCCC. The van der Waals surface area contributed by atoms with Gasteiger partial charge in [-0.3, -0.25) is 14.4 Å². The van der Waals surface area contributed by atoms with Crippen molar-refractivity contribution in [3.8, 4) is 0 Å². The summed E-state index contributed by atoms with van der Waals surface area (Å²) < 4.78 is 16.9. The zero-order chi connectivity index (χ0) is 58.5. The topological polar surface area (TPSA) is 78.9 Å². The van der Waals surface area contributed by atoms with E-state index < -0.39 is 6.10 Å². The minimum absolute atomic E-state index is 0.0872. The highest BCUT2D eigenvalue weighted by atomic mass is 16.6. The molecule has 0 saturated heterocycles. The second-order valence-electron chi connectivity index (χ2n) is 22.4. The highest BCUT2D eigenvalue weighted by molar-refractivity contribution is 5.71. The van der Waals surface area contributed by atoms with Crippen LogP contribution < -0.4 is 0 Å². The van der Waals surface area contributed by atoms with Crippen LogP contribution >= 0.6 is 0 Å². The zero-order valence-electron chi connectivity index (χ0n) is 53.0. The average Bonchev–Trinajstić information content (AvgIpc) is 3.46. The highest BCUT2D eigenvalue weighted by Crippen LogP contribution is 2.16. The molecule has 6 nitrogen and oxygen atoms in total. The molecule has 0 aromatic heterocycles. The van der Waals surface area contributed by atoms with Crippen molar-refractivity contribution < 1.29 is 28.6 Å². The molecule has 0 aliphatic heterocycles. The van der Waals surface area contributed by atoms with Crippen molar-refractivity contribution in [2.45, 2.75) is 322 Å². The number of ether oxygens (including phenoxy) is 3. The summed E-state index contributed by atoms with van der Waals surface area (Å²) in [6.07, 6.45) is 95.0. The Hall–Kier alpha value is -4.19. The van der Waals surface area contributed by atoms with Gasteiger partial charge in [-0.15, -0.1) is 0 Å². The zero-order valence-corrected chi connectivity index (χ0v) is 53.0. The van der Waals surface area contributed by atoms with E-state index in [1.807, 2.05) is 0 Å². The van der Waals surface area contributed by atoms with Crippen molar-refractivity contribution >= 4 is 17.9 Å². The van der Waals surface area contributed by atoms with Crippen LogP contribution in [0.4, 0.5) is 0 Å². The summed E-state index contributed by atoms with van der Waals surface area (Å²) in [6.45, 7) is 6.51. The normalized spacial score (nSPS) is 12.9. The van der Waals surface area contributed by atoms with Crippen LogP contribution in [-0.2, 0) is 28.6 Å². The van der Waals surface area contributed by atoms with Crippen molar-refractivity contribution in [2.75, 3.05) is 13.2 Å². The summed E-state index contributed by atoms with van der Waals surface area (Å²) in [5.41, 5.74) is 0. The van der Waals surface area contributed by atoms with E-state index in [4.69, 9.17) is 14.2 Å². The van der Waals surface area contributed by atoms with Gasteiger partial charge in [-0.2, -0.15) is 0 Å². The predicted octanol–water partition coefficient (Wildman–Crippen LogP) is 23.6. The predicted molar refractivity (Wildman–Crippen MR) is 353 cm³/mol. The van der Waals surface area contributed by atoms with Gasteiger partial charge in [-0.1, -0.05) is 303 Å². The first-order valence-corrected chi connectivity index (χ1v) is 34.0. The second-order valence-corrected chi connectivity index (χ2v) is 22.4. The molecular weight excluding hydrogens is 997 g/mol. The van der Waals surface area contributed by atoms with E-state index in [2.05, 4.69) is 142 Å². The lowest BCUT2D eigenvalue weighted by molar-refractivity contribution is -0.167. The molecule has 0 heterocycles. The van der Waals surface area contributed by atoms with Crippen LogP contribution in [0.3, 0.4) is 0 Å². The van der Waals surface area contributed by atoms with E-state index in [-0.39, 0.29) is 31.1 Å². The summed E-state index contributed by atoms with van der Waals surface area (Å²) in [4.78, 5) is 38.3. The summed E-state index contributed by atoms with van der Waals surface area (Å²) in [5.74, 6) is -0.905. The van der Waals surface area contributed by atoms with Gasteiger partial charge in [-0.25, -0.2) is 0 Å². The summed E-state index contributed by atoms with van der Waals surface area (Å²) >= 11 is 0. The van der Waals surface area contributed by atoms with Gasteiger partial charge in [0.25, 0.3) is 0 Å². The molecular formula is C75H126O6. The van der Waals surface area contributed by atoms with Gasteiger partial charge >= 0.3 is 17.9 Å². The van der Waals surface area contributed by atoms with Crippen molar-refractivity contribution in [1.29, 1.82) is 0 Å². The lowest BCUT2D eigenvalue weighted by atomic mass is 10.0. The van der Waals surface area contributed by atoms with Crippen LogP contribution in [0.15, 0.2) is 122 Å². The first-order chi connectivity index (χ1) is 40.0. The molecule has 0 spiro atoms. The fourth-order valence-corrected chi connectivity index (χ4v) is 9.37. The van der Waals surface area contributed by atoms with E-state index in [0.29, 0.717) is 19.3 Å². The standard InChI is InChI=1S/C75H126O6/c1-4-7-10-13-16-19-22-25-27-29-30-31-32-33-34-35-36-37-38-39-40-41-42-43-44-46-47-50-53-56-59-62-65-68-74(77)80-71-72(70-79-73(76)67-64-61-58-55-52-49-24-21-18-15-12-9-6-3)81-75(78)69-66-63-60-57-54-51-48-45-28-26-23-20-17-14-11-8-5-2/h7,10,16,19,21,24-25,27,30-31,33-34,36-37,39-40,42-43,46-47,72H,4-6,8-9,11-15,17-18,20,22-23,26,28-29,32,35,38,41,44-45,48-71H2,1-3H3/b10-7-,19-16-,24-21-,27-25-,31-30-,34-33-,37-36-,40-39-,43-42-,47-46-. The Kier molecular flexibility index (Phi) is 64.8. The number of rotatable bonds is 61. The van der Waals surface area contributed by atoms with Gasteiger partial charge in [0.05, 0.1) is 0 Å². The molecule has 0 rings (SSSR count). The minimum Gasteiger partial charge on any atom is -0.462 e. The highest BCUT2D eigenvalue weighted by Gasteiger charge is 2.19. The molecule has 0 fully saturated rings. The summed E-state index contributed by atoms with van der Waals surface area (Å²) in [6, 6.07) is 0. The van der Waals surface area contributed by atoms with Crippen LogP contribution in [0.5, 0.6) is 0 Å². The number of hydrogen-bond acceptors (Lipinski definition) is 6. The number of carbonyl (C=O) groups is 3. The van der Waals surface area contributed by atoms with Crippen LogP contribution in [0.2, 0.25) is 0 Å². The third-order valence-electron chi connectivity index (χ3n) is 14.5. The Morgan fingerprint density at radius 1 is 0.259 bits per heavy atom. The first-order valence-electron chi connectivity index (χ1n) is 34.0. The first kappa shape index (κ1) is 76.8. The molecule has 0 N–H and O–H groups in total. The second kappa shape index (κ2) is 68.3. The third-order valence-corrected chi connectivity index (χ3v) is 14.5. The number of unbranched alkanes of at least 4 members (excludes halogenated alkanes) is 30. The third kappa shape index (κ3) is 66.5. The van der Waals surface area contributed by atoms with Crippen LogP contribution in [0.1, 0.15) is 316 Å². The fourth-order valence-electron chi connectivity index (χ4n) is 9.37. The van der Waals surface area contributed by atoms with Crippen molar-refractivity contribution in [3.05, 3.63) is 122 Å². The Morgan fingerprint density at radius 2 is 0.481 bits per heavy atom. The average molecular weight is 1120 g/mol. The number of hydrogen-bond donors (Lipinski definition) is 0. The molecule has 0 aliphatic carbocycles. The quantitative estimate of drug-likeness (QED) is 0.0261. The van der Waals surface area contributed by atoms with Gasteiger partial charge in [-0.05, 0) is 116 Å². The van der Waals surface area contributed by atoms with Gasteiger partial charge in [0.2, 0.25) is 0 Å². The minimum atomic E-state index is -0.791. The van der Waals surface area contributed by atoms with Gasteiger partial charge in [0, 0.05) is 19.3 Å². The Balaban J connectivity index is 4.32. The van der Waals surface area contributed by atoms with E-state index in [0.717, 1.165) is 141 Å². The van der Waals surface area contributed by atoms with Crippen LogP contribution in [-0.4, -0.2) is 37.2 Å². The maximum Gasteiger partial charge on any atom is 0.306 e. The summed E-state index contributed by atoms with van der Waals surface area (Å²) in [7, 11) is 0. The van der Waals surface area contributed by atoms with E-state index in [1.165, 1.54) is 135 Å². The largest absolute Gasteiger partial charge is 0.462 e. The number of carbonyl (C=O) groups excluding carboxylic acids is 3. The molecule has 0 bridgehead atoms. The van der Waals surface area contributed by atoms with Gasteiger partial charge in [0.15, 0.2) is 6.10 Å².